The number of aryl methyl sites for hydroxylation is 1. The standard InChI is InChI=1S/C54H49N/c1-35-10-4-7-13-46(35)50-30-41-12-6-5-11-40(41)29-49(50)39-16-20-43(21-17-39)55(45-24-25-48-47-14-8-9-15-51(47)53(2,3)52(48)31-45)44-22-18-42(19-23-44)54-32-36-26-37(33-54)28-38(27-36)34-54/h4-25,29-31,36-38H,26-28,32-34H2,1-3H3. The average molecular weight is 712 g/mol. The lowest BCUT2D eigenvalue weighted by Gasteiger charge is -2.57. The summed E-state index contributed by atoms with van der Waals surface area (Å²) >= 11 is 0. The normalized spacial score (nSPS) is 22.8. The number of rotatable bonds is 6. The van der Waals surface area contributed by atoms with Crippen molar-refractivity contribution in [3.63, 3.8) is 0 Å². The Labute approximate surface area is 326 Å². The van der Waals surface area contributed by atoms with Gasteiger partial charge in [0.1, 0.15) is 0 Å². The predicted molar refractivity (Wildman–Crippen MR) is 232 cm³/mol. The van der Waals surface area contributed by atoms with E-state index in [-0.39, 0.29) is 5.41 Å². The van der Waals surface area contributed by atoms with Crippen molar-refractivity contribution in [2.75, 3.05) is 4.90 Å². The van der Waals surface area contributed by atoms with E-state index in [1.54, 1.807) is 5.56 Å². The molecule has 4 bridgehead atoms. The van der Waals surface area contributed by atoms with E-state index in [9.17, 15) is 0 Å². The van der Waals surface area contributed by atoms with Crippen LogP contribution >= 0.6 is 0 Å². The van der Waals surface area contributed by atoms with Gasteiger partial charge in [0.2, 0.25) is 0 Å². The van der Waals surface area contributed by atoms with E-state index < -0.39 is 0 Å². The minimum Gasteiger partial charge on any atom is -0.310 e. The molecule has 0 atom stereocenters. The van der Waals surface area contributed by atoms with Crippen molar-refractivity contribution in [3.05, 3.63) is 174 Å². The summed E-state index contributed by atoms with van der Waals surface area (Å²) in [7, 11) is 0. The molecule has 0 unspecified atom stereocenters. The molecular weight excluding hydrogens is 663 g/mol. The van der Waals surface area contributed by atoms with E-state index in [1.165, 1.54) is 116 Å². The Kier molecular flexibility index (Phi) is 7.38. The summed E-state index contributed by atoms with van der Waals surface area (Å²) in [5, 5.41) is 2.53. The van der Waals surface area contributed by atoms with E-state index in [4.69, 9.17) is 0 Å². The van der Waals surface area contributed by atoms with Gasteiger partial charge in [-0.15, -0.1) is 0 Å². The maximum atomic E-state index is 2.50. The molecule has 0 saturated heterocycles. The summed E-state index contributed by atoms with van der Waals surface area (Å²) < 4.78 is 0. The SMILES string of the molecule is Cc1ccccc1-c1cc2ccccc2cc1-c1ccc(N(c2ccc(C34CC5CC(CC(C5)C3)C4)cc2)c2ccc3c(c2)C(C)(C)c2ccccc2-3)cc1. The highest BCUT2D eigenvalue weighted by Gasteiger charge is 2.51. The molecule has 0 N–H and O–H groups in total. The highest BCUT2D eigenvalue weighted by atomic mass is 15.1. The van der Waals surface area contributed by atoms with Crippen LogP contribution < -0.4 is 4.90 Å². The largest absolute Gasteiger partial charge is 0.310 e. The highest BCUT2D eigenvalue weighted by molar-refractivity contribution is 5.97. The number of benzene rings is 7. The molecule has 7 aromatic rings. The number of nitrogens with zero attached hydrogens (tertiary/aromatic N) is 1. The molecule has 1 heteroatoms. The van der Waals surface area contributed by atoms with Crippen molar-refractivity contribution in [2.45, 2.75) is 70.1 Å². The molecule has 55 heavy (non-hydrogen) atoms. The summed E-state index contributed by atoms with van der Waals surface area (Å²) in [4.78, 5) is 2.50. The third kappa shape index (κ3) is 5.26. The minimum absolute atomic E-state index is 0.0676. The van der Waals surface area contributed by atoms with Gasteiger partial charge in [0.15, 0.2) is 0 Å². The third-order valence-corrected chi connectivity index (χ3v) is 14.4. The summed E-state index contributed by atoms with van der Waals surface area (Å²) in [5.41, 5.74) is 17.4. The molecule has 0 radical (unpaired) electrons. The van der Waals surface area contributed by atoms with Crippen molar-refractivity contribution >= 4 is 27.8 Å². The van der Waals surface area contributed by atoms with Crippen LogP contribution in [0.2, 0.25) is 0 Å². The number of hydrogen-bond donors (Lipinski definition) is 0. The van der Waals surface area contributed by atoms with E-state index in [1.807, 2.05) is 0 Å². The molecule has 5 aliphatic rings. The van der Waals surface area contributed by atoms with Crippen LogP contribution in [0.4, 0.5) is 17.1 Å². The third-order valence-electron chi connectivity index (χ3n) is 14.4. The van der Waals surface area contributed by atoms with Gasteiger partial charge in [-0.1, -0.05) is 117 Å². The Morgan fingerprint density at radius 1 is 0.455 bits per heavy atom. The number of fused-ring (bicyclic) bond motifs is 4. The van der Waals surface area contributed by atoms with Crippen molar-refractivity contribution in [2.24, 2.45) is 17.8 Å². The van der Waals surface area contributed by atoms with Crippen LogP contribution in [0.1, 0.15) is 74.6 Å². The van der Waals surface area contributed by atoms with E-state index in [0.29, 0.717) is 5.41 Å². The molecule has 0 aromatic heterocycles. The maximum absolute atomic E-state index is 2.50. The minimum atomic E-state index is -0.0676. The van der Waals surface area contributed by atoms with Crippen molar-refractivity contribution in [1.29, 1.82) is 0 Å². The van der Waals surface area contributed by atoms with Crippen molar-refractivity contribution in [1.82, 2.24) is 0 Å². The van der Waals surface area contributed by atoms with Gasteiger partial charge < -0.3 is 4.90 Å². The summed E-state index contributed by atoms with van der Waals surface area (Å²) in [6.07, 6.45) is 8.61. The molecule has 0 heterocycles. The fraction of sp³-hybridized carbons (Fsp3) is 0.259. The topological polar surface area (TPSA) is 3.24 Å². The Morgan fingerprint density at radius 2 is 0.982 bits per heavy atom. The first-order valence-electron chi connectivity index (χ1n) is 20.7. The molecular formula is C54H49N. The van der Waals surface area contributed by atoms with Crippen LogP contribution in [-0.4, -0.2) is 0 Å². The van der Waals surface area contributed by atoms with Gasteiger partial charge in [-0.2, -0.15) is 0 Å². The zero-order valence-electron chi connectivity index (χ0n) is 32.4. The molecule has 4 fully saturated rings. The highest BCUT2D eigenvalue weighted by Crippen LogP contribution is 2.61. The second-order valence-corrected chi connectivity index (χ2v) is 18.1. The molecule has 0 aliphatic heterocycles. The van der Waals surface area contributed by atoms with E-state index in [0.717, 1.165) is 17.8 Å². The van der Waals surface area contributed by atoms with E-state index >= 15 is 0 Å². The Hall–Kier alpha value is -5.40. The van der Waals surface area contributed by atoms with Crippen LogP contribution in [0.25, 0.3) is 44.2 Å². The molecule has 1 nitrogen and oxygen atoms in total. The average Bonchev–Trinajstić information content (AvgIpc) is 3.43. The molecule has 270 valence electrons. The second kappa shape index (κ2) is 12.3. The number of hydrogen-bond acceptors (Lipinski definition) is 1. The molecule has 0 spiro atoms. The zero-order chi connectivity index (χ0) is 36.9. The van der Waals surface area contributed by atoms with Crippen LogP contribution in [-0.2, 0) is 10.8 Å². The van der Waals surface area contributed by atoms with Gasteiger partial charge in [0, 0.05) is 22.5 Å². The molecule has 12 rings (SSSR count). The first-order chi connectivity index (χ1) is 26.8. The van der Waals surface area contributed by atoms with Crippen LogP contribution in [0.3, 0.4) is 0 Å². The maximum Gasteiger partial charge on any atom is 0.0465 e. The van der Waals surface area contributed by atoms with Crippen molar-refractivity contribution < 1.29 is 0 Å². The second-order valence-electron chi connectivity index (χ2n) is 18.1. The zero-order valence-corrected chi connectivity index (χ0v) is 32.4. The molecule has 0 amide bonds. The fourth-order valence-corrected chi connectivity index (χ4v) is 12.1. The lowest BCUT2D eigenvalue weighted by molar-refractivity contribution is -0.00518. The van der Waals surface area contributed by atoms with Gasteiger partial charge in [-0.25, -0.2) is 0 Å². The predicted octanol–water partition coefficient (Wildman–Crippen LogP) is 14.7. The molecule has 5 aliphatic carbocycles. The van der Waals surface area contributed by atoms with Gasteiger partial charge in [-0.05, 0) is 184 Å². The Morgan fingerprint density at radius 3 is 1.64 bits per heavy atom. The Bertz CT molecular complexity index is 2570. The first-order valence-corrected chi connectivity index (χ1v) is 20.7. The van der Waals surface area contributed by atoms with E-state index in [2.05, 4.69) is 177 Å². The number of anilines is 3. The fourth-order valence-electron chi connectivity index (χ4n) is 12.1. The van der Waals surface area contributed by atoms with Gasteiger partial charge in [-0.3, -0.25) is 0 Å². The monoisotopic (exact) mass is 711 g/mol. The lowest BCUT2D eigenvalue weighted by atomic mass is 9.48. The first kappa shape index (κ1) is 33.0. The van der Waals surface area contributed by atoms with Crippen molar-refractivity contribution in [3.8, 4) is 33.4 Å². The molecule has 4 saturated carbocycles. The molecule has 7 aromatic carbocycles. The van der Waals surface area contributed by atoms with Gasteiger partial charge in [0.25, 0.3) is 0 Å². The van der Waals surface area contributed by atoms with Crippen LogP contribution in [0.15, 0.2) is 152 Å². The summed E-state index contributed by atoms with van der Waals surface area (Å²) in [6.45, 7) is 6.99. The quantitative estimate of drug-likeness (QED) is 0.166. The summed E-state index contributed by atoms with van der Waals surface area (Å²) in [6, 6.07) is 57.6. The summed E-state index contributed by atoms with van der Waals surface area (Å²) in [5.74, 6) is 2.82. The van der Waals surface area contributed by atoms with Crippen LogP contribution in [0.5, 0.6) is 0 Å². The van der Waals surface area contributed by atoms with Gasteiger partial charge >= 0.3 is 0 Å². The smallest absolute Gasteiger partial charge is 0.0465 e. The Balaban J connectivity index is 1.03. The lowest BCUT2D eigenvalue weighted by Crippen LogP contribution is -2.48. The van der Waals surface area contributed by atoms with Gasteiger partial charge in [0.05, 0.1) is 0 Å². The van der Waals surface area contributed by atoms with Crippen LogP contribution in [0, 0.1) is 24.7 Å².